The number of carbonyl (C=O) groups excluding carboxylic acids is 3. The van der Waals surface area contributed by atoms with Crippen LogP contribution in [0.5, 0.6) is 0 Å². The predicted octanol–water partition coefficient (Wildman–Crippen LogP) is 0.256. The molecule has 1 aromatic rings. The van der Waals surface area contributed by atoms with Gasteiger partial charge in [0.1, 0.15) is 30.3 Å². The lowest BCUT2D eigenvalue weighted by Gasteiger charge is -2.49. The SMILES string of the molecule is CC(=O)OCC1=C(C(=O)O)N2C(=O)[C@@H](NC(=O)Cn3cc(Br)c(C)n3)[C@@H]2SC1. The maximum atomic E-state index is 12.5. The molecule has 2 aliphatic heterocycles. The standard InChI is InChI=1S/C16H17BrN4O6S/c1-7-10(17)3-20(19-7)4-11(23)18-12-14(24)21-13(16(25)26)9(5-27-8(2)22)6-28-15(12)21/h3,12,15H,4-6H2,1-2H3,(H,18,23)(H,25,26)/t12-,15+/m1/s1. The number of esters is 1. The Kier molecular flexibility index (Phi) is 5.79. The maximum Gasteiger partial charge on any atom is 0.352 e. The molecule has 0 aliphatic carbocycles. The molecule has 10 nitrogen and oxygen atoms in total. The van der Waals surface area contributed by atoms with Crippen LogP contribution >= 0.6 is 27.7 Å². The number of nitrogens with zero attached hydrogens (tertiary/aromatic N) is 3. The van der Waals surface area contributed by atoms with Crippen LogP contribution in [-0.4, -0.2) is 67.3 Å². The van der Waals surface area contributed by atoms with Gasteiger partial charge in [-0.25, -0.2) is 4.79 Å². The summed E-state index contributed by atoms with van der Waals surface area (Å²) in [7, 11) is 0. The van der Waals surface area contributed by atoms with Gasteiger partial charge in [0, 0.05) is 24.4 Å². The van der Waals surface area contributed by atoms with Crippen LogP contribution in [0.3, 0.4) is 0 Å². The summed E-state index contributed by atoms with van der Waals surface area (Å²) in [6.45, 7) is 2.76. The van der Waals surface area contributed by atoms with Crippen molar-refractivity contribution in [2.45, 2.75) is 31.8 Å². The molecular weight excluding hydrogens is 456 g/mol. The van der Waals surface area contributed by atoms with Crippen LogP contribution in [0.25, 0.3) is 0 Å². The number of halogens is 1. The second-order valence-corrected chi connectivity index (χ2v) is 8.21. The maximum absolute atomic E-state index is 12.5. The molecule has 0 bridgehead atoms. The number of aliphatic carboxylic acids is 1. The van der Waals surface area contributed by atoms with Crippen molar-refractivity contribution in [1.82, 2.24) is 20.0 Å². The van der Waals surface area contributed by atoms with Gasteiger partial charge in [0.05, 0.1) is 10.2 Å². The Morgan fingerprint density at radius 1 is 1.46 bits per heavy atom. The fraction of sp³-hybridized carbons (Fsp3) is 0.438. The highest BCUT2D eigenvalue weighted by Gasteiger charge is 2.54. The molecule has 2 N–H and O–H groups in total. The number of carboxylic acids is 1. The van der Waals surface area contributed by atoms with Gasteiger partial charge in [-0.1, -0.05) is 0 Å². The van der Waals surface area contributed by atoms with Crippen LogP contribution < -0.4 is 5.32 Å². The van der Waals surface area contributed by atoms with E-state index in [4.69, 9.17) is 4.74 Å². The number of β-lactam (4-membered cyclic amide) rings is 1. The summed E-state index contributed by atoms with van der Waals surface area (Å²) in [6.07, 6.45) is 1.66. The number of rotatable bonds is 6. The molecule has 12 heteroatoms. The van der Waals surface area contributed by atoms with E-state index in [0.717, 1.165) is 15.1 Å². The largest absolute Gasteiger partial charge is 0.477 e. The molecule has 3 rings (SSSR count). The summed E-state index contributed by atoms with van der Waals surface area (Å²) >= 11 is 4.62. The van der Waals surface area contributed by atoms with Gasteiger partial charge in [0.2, 0.25) is 5.91 Å². The molecule has 0 aromatic carbocycles. The van der Waals surface area contributed by atoms with Crippen molar-refractivity contribution in [3.05, 3.63) is 27.6 Å². The van der Waals surface area contributed by atoms with Crippen LogP contribution in [0.4, 0.5) is 0 Å². The quantitative estimate of drug-likeness (QED) is 0.445. The Morgan fingerprint density at radius 3 is 2.75 bits per heavy atom. The minimum absolute atomic E-state index is 0.0626. The average Bonchev–Trinajstić information content (AvgIpc) is 2.93. The lowest BCUT2D eigenvalue weighted by molar-refractivity contribution is -0.151. The molecule has 1 aromatic heterocycles. The Bertz CT molecular complexity index is 878. The molecule has 0 saturated carbocycles. The number of aryl methyl sites for hydroxylation is 1. The molecular formula is C16H17BrN4O6S. The minimum atomic E-state index is -1.28. The summed E-state index contributed by atoms with van der Waals surface area (Å²) in [5.41, 5.74) is 0.893. The third-order valence-corrected chi connectivity index (χ3v) is 6.33. The van der Waals surface area contributed by atoms with Gasteiger partial charge in [0.15, 0.2) is 0 Å². The molecule has 1 saturated heterocycles. The van der Waals surface area contributed by atoms with Gasteiger partial charge in [-0.2, -0.15) is 5.10 Å². The minimum Gasteiger partial charge on any atom is -0.477 e. The first kappa shape index (κ1) is 20.4. The van der Waals surface area contributed by atoms with Crippen LogP contribution in [0.2, 0.25) is 0 Å². The third kappa shape index (κ3) is 3.92. The summed E-state index contributed by atoms with van der Waals surface area (Å²) in [6, 6.07) is -0.817. The zero-order valence-electron chi connectivity index (χ0n) is 15.0. The number of fused-ring (bicyclic) bond motifs is 1. The number of hydrogen-bond donors (Lipinski definition) is 2. The summed E-state index contributed by atoms with van der Waals surface area (Å²) < 4.78 is 7.10. The molecule has 0 radical (unpaired) electrons. The van der Waals surface area contributed by atoms with Gasteiger partial charge in [0.25, 0.3) is 5.91 Å². The van der Waals surface area contributed by atoms with Crippen molar-refractivity contribution in [2.24, 2.45) is 0 Å². The molecule has 3 heterocycles. The Labute approximate surface area is 172 Å². The number of amides is 2. The van der Waals surface area contributed by atoms with E-state index in [9.17, 15) is 24.3 Å². The number of thioether (sulfide) groups is 1. The first-order valence-electron chi connectivity index (χ1n) is 8.21. The van der Waals surface area contributed by atoms with Crippen molar-refractivity contribution < 1.29 is 29.0 Å². The summed E-state index contributed by atoms with van der Waals surface area (Å²) in [5.74, 6) is -2.45. The van der Waals surface area contributed by atoms with E-state index >= 15 is 0 Å². The number of nitrogens with one attached hydrogen (secondary N) is 1. The predicted molar refractivity (Wildman–Crippen MR) is 101 cm³/mol. The number of aromatic nitrogens is 2. The lowest BCUT2D eigenvalue weighted by atomic mass is 10.0. The zero-order valence-corrected chi connectivity index (χ0v) is 17.4. The number of carboxylic acid groups (broad SMARTS) is 1. The van der Waals surface area contributed by atoms with Crippen molar-refractivity contribution in [1.29, 1.82) is 0 Å². The molecule has 0 spiro atoms. The van der Waals surface area contributed by atoms with Crippen molar-refractivity contribution in [2.75, 3.05) is 12.4 Å². The first-order chi connectivity index (χ1) is 13.2. The topological polar surface area (TPSA) is 131 Å². The molecule has 28 heavy (non-hydrogen) atoms. The molecule has 0 unspecified atom stereocenters. The van der Waals surface area contributed by atoms with Gasteiger partial charge >= 0.3 is 11.9 Å². The molecule has 2 atom stereocenters. The van der Waals surface area contributed by atoms with Crippen LogP contribution in [-0.2, 0) is 30.5 Å². The zero-order chi connectivity index (χ0) is 20.6. The van der Waals surface area contributed by atoms with E-state index in [1.807, 2.05) is 0 Å². The Balaban J connectivity index is 1.68. The van der Waals surface area contributed by atoms with Gasteiger partial charge in [-0.3, -0.25) is 24.0 Å². The fourth-order valence-electron chi connectivity index (χ4n) is 2.92. The van der Waals surface area contributed by atoms with E-state index < -0.39 is 35.2 Å². The van der Waals surface area contributed by atoms with E-state index in [1.54, 1.807) is 13.1 Å². The fourth-order valence-corrected chi connectivity index (χ4v) is 4.57. The Hall–Kier alpha value is -2.34. The second kappa shape index (κ2) is 7.95. The monoisotopic (exact) mass is 472 g/mol. The molecule has 1 fully saturated rings. The number of ether oxygens (including phenoxy) is 1. The van der Waals surface area contributed by atoms with E-state index in [1.165, 1.54) is 23.4 Å². The number of carbonyl (C=O) groups is 4. The third-order valence-electron chi connectivity index (χ3n) is 4.21. The van der Waals surface area contributed by atoms with Gasteiger partial charge in [-0.15, -0.1) is 11.8 Å². The average molecular weight is 473 g/mol. The van der Waals surface area contributed by atoms with E-state index in [0.29, 0.717) is 5.57 Å². The highest BCUT2D eigenvalue weighted by Crippen LogP contribution is 2.40. The second-order valence-electron chi connectivity index (χ2n) is 6.25. The van der Waals surface area contributed by atoms with Crippen molar-refractivity contribution in [3.8, 4) is 0 Å². The first-order valence-corrected chi connectivity index (χ1v) is 10.1. The van der Waals surface area contributed by atoms with E-state index in [2.05, 4.69) is 26.3 Å². The summed E-state index contributed by atoms with van der Waals surface area (Å²) in [5, 5.41) is 15.8. The van der Waals surface area contributed by atoms with Gasteiger partial charge < -0.3 is 15.2 Å². The van der Waals surface area contributed by atoms with Crippen LogP contribution in [0.1, 0.15) is 12.6 Å². The Morgan fingerprint density at radius 2 is 2.18 bits per heavy atom. The van der Waals surface area contributed by atoms with Crippen LogP contribution in [0, 0.1) is 6.92 Å². The van der Waals surface area contributed by atoms with E-state index in [-0.39, 0.29) is 24.6 Å². The highest BCUT2D eigenvalue weighted by atomic mass is 79.9. The summed E-state index contributed by atoms with van der Waals surface area (Å²) in [4.78, 5) is 48.5. The highest BCUT2D eigenvalue weighted by molar-refractivity contribution is 9.10. The normalized spacial score (nSPS) is 21.1. The lowest BCUT2D eigenvalue weighted by Crippen LogP contribution is -2.70. The van der Waals surface area contributed by atoms with Gasteiger partial charge in [-0.05, 0) is 22.9 Å². The van der Waals surface area contributed by atoms with Crippen molar-refractivity contribution >= 4 is 51.4 Å². The number of hydrogen-bond acceptors (Lipinski definition) is 7. The van der Waals surface area contributed by atoms with Crippen LogP contribution in [0.15, 0.2) is 21.9 Å². The van der Waals surface area contributed by atoms with Crippen molar-refractivity contribution in [3.63, 3.8) is 0 Å². The molecule has 150 valence electrons. The molecule has 2 amide bonds. The molecule has 2 aliphatic rings. The smallest absolute Gasteiger partial charge is 0.352 e.